The van der Waals surface area contributed by atoms with Gasteiger partial charge in [-0.25, -0.2) is 0 Å². The topological polar surface area (TPSA) is 52.0 Å². The van der Waals surface area contributed by atoms with Crippen LogP contribution in [0.3, 0.4) is 0 Å². The molecule has 18 heavy (non-hydrogen) atoms. The summed E-state index contributed by atoms with van der Waals surface area (Å²) in [7, 11) is 0. The van der Waals surface area contributed by atoms with Crippen LogP contribution in [0.15, 0.2) is 0 Å². The van der Waals surface area contributed by atoms with E-state index in [1.807, 2.05) is 0 Å². The number of unbranched alkanes of at least 4 members (excludes halogenated alkanes) is 9. The van der Waals surface area contributed by atoms with E-state index in [9.17, 15) is 0 Å². The molecule has 0 saturated heterocycles. The van der Waals surface area contributed by atoms with Gasteiger partial charge in [0.05, 0.1) is 0 Å². The predicted molar refractivity (Wildman–Crippen MR) is 94.1 cm³/mol. The largest absolute Gasteiger partial charge is 0.329 e. The second-order valence-electron chi connectivity index (χ2n) is 4.97. The maximum absolute atomic E-state index is 5.76. The smallest absolute Gasteiger partial charge is 0.0163 e. The van der Waals surface area contributed by atoms with Gasteiger partial charge in [-0.1, -0.05) is 71.1 Å². The Bertz CT molecular complexity index is 135. The van der Waals surface area contributed by atoms with Gasteiger partial charge in [0.15, 0.2) is 0 Å². The zero-order chi connectivity index (χ0) is 12.1. The van der Waals surface area contributed by atoms with Gasteiger partial charge >= 0.3 is 0 Å². The summed E-state index contributed by atoms with van der Waals surface area (Å²) in [5.41, 5.74) is 11.2. The lowest BCUT2D eigenvalue weighted by atomic mass is 10.0. The Labute approximate surface area is 135 Å². The SMILES string of the molecule is Br.Br.CCCCCCCCCCCCC(N)CN. The Morgan fingerprint density at radius 2 is 1.11 bits per heavy atom. The summed E-state index contributed by atoms with van der Waals surface area (Å²) in [6.45, 7) is 2.91. The standard InChI is InChI=1S/C14H32N2.2BrH/c1-2-3-4-5-6-7-8-9-10-11-12-14(16)13-15;;/h14H,2-13,15-16H2,1H3;2*1H. The highest BCUT2D eigenvalue weighted by atomic mass is 79.9. The lowest BCUT2D eigenvalue weighted by molar-refractivity contribution is 0.524. The molecule has 0 aromatic heterocycles. The van der Waals surface area contributed by atoms with Gasteiger partial charge in [-0.3, -0.25) is 0 Å². The molecule has 4 heteroatoms. The van der Waals surface area contributed by atoms with Gasteiger partial charge in [0.1, 0.15) is 0 Å². The van der Waals surface area contributed by atoms with E-state index in [0.29, 0.717) is 6.54 Å². The lowest BCUT2D eigenvalue weighted by Crippen LogP contribution is -2.29. The normalized spacial score (nSPS) is 11.5. The molecule has 0 aromatic rings. The minimum Gasteiger partial charge on any atom is -0.329 e. The molecule has 0 rings (SSSR count). The maximum atomic E-state index is 5.76. The molecule has 0 bridgehead atoms. The second-order valence-corrected chi connectivity index (χ2v) is 4.97. The van der Waals surface area contributed by atoms with Gasteiger partial charge in [-0.05, 0) is 6.42 Å². The van der Waals surface area contributed by atoms with Crippen molar-refractivity contribution in [1.82, 2.24) is 0 Å². The van der Waals surface area contributed by atoms with Crippen LogP contribution in [-0.2, 0) is 0 Å². The number of nitrogens with two attached hydrogens (primary N) is 2. The summed E-state index contributed by atoms with van der Waals surface area (Å²) in [6, 6.07) is 0.231. The molecule has 0 aliphatic rings. The first-order chi connectivity index (χ1) is 7.81. The van der Waals surface area contributed by atoms with Crippen molar-refractivity contribution < 1.29 is 0 Å². The highest BCUT2D eigenvalue weighted by Gasteiger charge is 1.98. The zero-order valence-electron chi connectivity index (χ0n) is 12.0. The van der Waals surface area contributed by atoms with Crippen LogP contribution in [0.2, 0.25) is 0 Å². The van der Waals surface area contributed by atoms with E-state index >= 15 is 0 Å². The van der Waals surface area contributed by atoms with Crippen molar-refractivity contribution in [2.45, 2.75) is 83.6 Å². The van der Waals surface area contributed by atoms with E-state index in [0.717, 1.165) is 6.42 Å². The van der Waals surface area contributed by atoms with Gasteiger partial charge in [0, 0.05) is 12.6 Å². The average molecular weight is 390 g/mol. The molecule has 0 amide bonds. The molecule has 0 aromatic carbocycles. The fourth-order valence-electron chi connectivity index (χ4n) is 2.01. The third-order valence-corrected chi connectivity index (χ3v) is 3.23. The van der Waals surface area contributed by atoms with Gasteiger partial charge in [-0.15, -0.1) is 34.0 Å². The van der Waals surface area contributed by atoms with Crippen molar-refractivity contribution in [1.29, 1.82) is 0 Å². The number of hydrogen-bond acceptors (Lipinski definition) is 2. The molecule has 0 spiro atoms. The Balaban J connectivity index is -0.00000112. The Hall–Kier alpha value is 0.880. The molecule has 0 fully saturated rings. The van der Waals surface area contributed by atoms with Crippen molar-refractivity contribution in [3.05, 3.63) is 0 Å². The summed E-state index contributed by atoms with van der Waals surface area (Å²) in [6.07, 6.45) is 15.0. The summed E-state index contributed by atoms with van der Waals surface area (Å²) in [5.74, 6) is 0. The van der Waals surface area contributed by atoms with Crippen molar-refractivity contribution in [2.24, 2.45) is 11.5 Å². The summed E-state index contributed by atoms with van der Waals surface area (Å²) in [4.78, 5) is 0. The quantitative estimate of drug-likeness (QED) is 0.473. The van der Waals surface area contributed by atoms with Crippen LogP contribution < -0.4 is 11.5 Å². The van der Waals surface area contributed by atoms with Gasteiger partial charge in [0.25, 0.3) is 0 Å². The van der Waals surface area contributed by atoms with Crippen LogP contribution in [-0.4, -0.2) is 12.6 Å². The first-order valence-electron chi connectivity index (χ1n) is 7.27. The molecular formula is C14H34Br2N2. The minimum atomic E-state index is 0. The molecule has 0 radical (unpaired) electrons. The van der Waals surface area contributed by atoms with Crippen LogP contribution >= 0.6 is 34.0 Å². The highest BCUT2D eigenvalue weighted by Crippen LogP contribution is 2.11. The second kappa shape index (κ2) is 20.2. The van der Waals surface area contributed by atoms with Gasteiger partial charge in [0.2, 0.25) is 0 Å². The van der Waals surface area contributed by atoms with E-state index in [1.54, 1.807) is 0 Å². The van der Waals surface area contributed by atoms with Crippen molar-refractivity contribution >= 4 is 34.0 Å². The van der Waals surface area contributed by atoms with E-state index < -0.39 is 0 Å². The van der Waals surface area contributed by atoms with Crippen molar-refractivity contribution in [3.63, 3.8) is 0 Å². The monoisotopic (exact) mass is 388 g/mol. The fraction of sp³-hybridized carbons (Fsp3) is 1.00. The minimum absolute atomic E-state index is 0. The van der Waals surface area contributed by atoms with Crippen LogP contribution in [0.1, 0.15) is 77.6 Å². The van der Waals surface area contributed by atoms with Crippen LogP contribution in [0.25, 0.3) is 0 Å². The molecule has 4 N–H and O–H groups in total. The van der Waals surface area contributed by atoms with Crippen molar-refractivity contribution in [3.8, 4) is 0 Å². The third kappa shape index (κ3) is 19.2. The number of rotatable bonds is 12. The third-order valence-electron chi connectivity index (χ3n) is 3.23. The first kappa shape index (κ1) is 23.9. The molecular weight excluding hydrogens is 356 g/mol. The average Bonchev–Trinajstić information content (AvgIpc) is 2.31. The predicted octanol–water partition coefficient (Wildman–Crippen LogP) is 4.74. The maximum Gasteiger partial charge on any atom is 0.0163 e. The summed E-state index contributed by atoms with van der Waals surface area (Å²) >= 11 is 0. The fourth-order valence-corrected chi connectivity index (χ4v) is 2.01. The zero-order valence-corrected chi connectivity index (χ0v) is 15.5. The Kier molecular flexibility index (Phi) is 26.9. The molecule has 0 heterocycles. The van der Waals surface area contributed by atoms with E-state index in [1.165, 1.54) is 64.2 Å². The summed E-state index contributed by atoms with van der Waals surface area (Å²) in [5, 5.41) is 0. The number of halogens is 2. The van der Waals surface area contributed by atoms with Crippen LogP contribution in [0.4, 0.5) is 0 Å². The molecule has 0 saturated carbocycles. The molecule has 2 nitrogen and oxygen atoms in total. The Morgan fingerprint density at radius 3 is 1.50 bits per heavy atom. The van der Waals surface area contributed by atoms with E-state index in [4.69, 9.17) is 11.5 Å². The van der Waals surface area contributed by atoms with E-state index in [-0.39, 0.29) is 40.0 Å². The van der Waals surface area contributed by atoms with Crippen LogP contribution in [0, 0.1) is 0 Å². The summed E-state index contributed by atoms with van der Waals surface area (Å²) < 4.78 is 0. The first-order valence-corrected chi connectivity index (χ1v) is 7.27. The Morgan fingerprint density at radius 1 is 0.722 bits per heavy atom. The van der Waals surface area contributed by atoms with Crippen molar-refractivity contribution in [2.75, 3.05) is 6.54 Å². The van der Waals surface area contributed by atoms with Gasteiger partial charge < -0.3 is 11.5 Å². The highest BCUT2D eigenvalue weighted by molar-refractivity contribution is 8.93. The van der Waals surface area contributed by atoms with Crippen LogP contribution in [0.5, 0.6) is 0 Å². The van der Waals surface area contributed by atoms with Gasteiger partial charge in [-0.2, -0.15) is 0 Å². The molecule has 0 aliphatic carbocycles. The lowest BCUT2D eigenvalue weighted by Gasteiger charge is -2.07. The number of hydrogen-bond donors (Lipinski definition) is 2. The molecule has 0 aliphatic heterocycles. The molecule has 114 valence electrons. The molecule has 1 atom stereocenters. The molecule has 1 unspecified atom stereocenters. The van der Waals surface area contributed by atoms with E-state index in [2.05, 4.69) is 6.92 Å².